The average molecular weight is 471 g/mol. The molecule has 0 saturated heterocycles. The van der Waals surface area contributed by atoms with Crippen LogP contribution in [0.5, 0.6) is 11.6 Å². The van der Waals surface area contributed by atoms with E-state index in [4.69, 9.17) is 19.8 Å². The molecule has 0 saturated carbocycles. The molecule has 35 heavy (non-hydrogen) atoms. The molecule has 0 aliphatic rings. The van der Waals surface area contributed by atoms with Gasteiger partial charge in [-0.05, 0) is 40.6 Å². The summed E-state index contributed by atoms with van der Waals surface area (Å²) in [4.78, 5) is 21.4. The number of carbonyl (C=O) groups is 1. The van der Waals surface area contributed by atoms with Crippen molar-refractivity contribution in [3.05, 3.63) is 72.4 Å². The second kappa shape index (κ2) is 9.61. The molecule has 1 amide bonds. The van der Waals surface area contributed by atoms with Gasteiger partial charge in [0.2, 0.25) is 5.88 Å². The number of amides is 1. The number of imidazole rings is 1. The fraction of sp³-hybridized carbons (Fsp3) is 0.125. The Balaban J connectivity index is 1.51. The molecule has 11 nitrogen and oxygen atoms in total. The number of carbonyl (C=O) groups excluding carboxylic acids is 1. The highest BCUT2D eigenvalue weighted by Crippen LogP contribution is 2.32. The third-order valence-corrected chi connectivity index (χ3v) is 5.17. The minimum Gasteiger partial charge on any atom is -0.439 e. The Bertz CT molecular complexity index is 1480. The van der Waals surface area contributed by atoms with Crippen LogP contribution in [-0.2, 0) is 4.74 Å². The van der Waals surface area contributed by atoms with Crippen LogP contribution in [-0.4, -0.2) is 51.0 Å². The molecule has 3 heterocycles. The van der Waals surface area contributed by atoms with E-state index < -0.39 is 0 Å². The van der Waals surface area contributed by atoms with Crippen LogP contribution in [0.3, 0.4) is 0 Å². The number of nitrogen functional groups attached to an aromatic ring is 1. The van der Waals surface area contributed by atoms with E-state index in [2.05, 4.69) is 25.6 Å². The zero-order valence-electron chi connectivity index (χ0n) is 18.7. The lowest BCUT2D eigenvalue weighted by Crippen LogP contribution is -2.26. The summed E-state index contributed by atoms with van der Waals surface area (Å²) < 4.78 is 17.6. The van der Waals surface area contributed by atoms with Crippen LogP contribution in [0, 0.1) is 0 Å². The number of nitrogens with one attached hydrogen (secondary N) is 1. The predicted octanol–water partition coefficient (Wildman–Crippen LogP) is 3.22. The Morgan fingerprint density at radius 3 is 2.74 bits per heavy atom. The van der Waals surface area contributed by atoms with Gasteiger partial charge >= 0.3 is 0 Å². The van der Waals surface area contributed by atoms with Crippen molar-refractivity contribution in [3.8, 4) is 28.8 Å². The lowest BCUT2D eigenvalue weighted by atomic mass is 10.2. The number of aromatic nitrogens is 5. The molecule has 11 heteroatoms. The molecular weight excluding hydrogens is 450 g/mol. The monoisotopic (exact) mass is 471 g/mol. The third-order valence-electron chi connectivity index (χ3n) is 5.17. The average Bonchev–Trinajstić information content (AvgIpc) is 3.47. The summed E-state index contributed by atoms with van der Waals surface area (Å²) in [6.45, 7) is 0.842. The Hall–Kier alpha value is -4.77. The SMILES string of the molecule is COCCNC(=O)c1cccc(Oc2cc3c(cn2)nc(-c2nonc2N)n3-c2ccccc2)c1. The van der Waals surface area contributed by atoms with Gasteiger partial charge < -0.3 is 20.5 Å². The van der Waals surface area contributed by atoms with Gasteiger partial charge in [0.15, 0.2) is 17.3 Å². The van der Waals surface area contributed by atoms with Crippen LogP contribution in [0.1, 0.15) is 10.4 Å². The van der Waals surface area contributed by atoms with Gasteiger partial charge in [0.25, 0.3) is 5.91 Å². The van der Waals surface area contributed by atoms with E-state index in [1.54, 1.807) is 43.6 Å². The molecule has 0 radical (unpaired) electrons. The second-order valence-electron chi connectivity index (χ2n) is 7.49. The van der Waals surface area contributed by atoms with Crippen LogP contribution in [0.2, 0.25) is 0 Å². The molecule has 0 aliphatic carbocycles. The number of anilines is 1. The Kier molecular flexibility index (Phi) is 6.05. The lowest BCUT2D eigenvalue weighted by molar-refractivity contribution is 0.0937. The van der Waals surface area contributed by atoms with Crippen molar-refractivity contribution in [3.63, 3.8) is 0 Å². The first kappa shape index (κ1) is 22.0. The molecule has 5 aromatic rings. The van der Waals surface area contributed by atoms with E-state index in [0.29, 0.717) is 52.9 Å². The highest BCUT2D eigenvalue weighted by Gasteiger charge is 2.21. The van der Waals surface area contributed by atoms with E-state index in [1.807, 2.05) is 34.9 Å². The van der Waals surface area contributed by atoms with Gasteiger partial charge in [0.05, 0.1) is 18.3 Å². The maximum Gasteiger partial charge on any atom is 0.251 e. The van der Waals surface area contributed by atoms with Crippen molar-refractivity contribution in [2.24, 2.45) is 0 Å². The van der Waals surface area contributed by atoms with Gasteiger partial charge in [-0.25, -0.2) is 14.6 Å². The zero-order valence-corrected chi connectivity index (χ0v) is 18.7. The van der Waals surface area contributed by atoms with Crippen LogP contribution in [0.15, 0.2) is 71.5 Å². The molecule has 0 atom stereocenters. The summed E-state index contributed by atoms with van der Waals surface area (Å²) in [5.41, 5.74) is 8.88. The Morgan fingerprint density at radius 1 is 1.11 bits per heavy atom. The smallest absolute Gasteiger partial charge is 0.251 e. The van der Waals surface area contributed by atoms with Crippen molar-refractivity contribution < 1.29 is 18.9 Å². The highest BCUT2D eigenvalue weighted by atomic mass is 16.6. The van der Waals surface area contributed by atoms with Gasteiger partial charge in [0, 0.05) is 31.0 Å². The summed E-state index contributed by atoms with van der Waals surface area (Å²) in [6.07, 6.45) is 1.60. The fourth-order valence-electron chi connectivity index (χ4n) is 3.56. The maximum absolute atomic E-state index is 12.4. The van der Waals surface area contributed by atoms with Gasteiger partial charge in [-0.2, -0.15) is 0 Å². The van der Waals surface area contributed by atoms with Crippen LogP contribution < -0.4 is 15.8 Å². The van der Waals surface area contributed by atoms with Gasteiger partial charge in [-0.3, -0.25) is 9.36 Å². The molecule has 0 unspecified atom stereocenters. The summed E-state index contributed by atoms with van der Waals surface area (Å²) >= 11 is 0. The molecule has 0 aliphatic heterocycles. The fourth-order valence-corrected chi connectivity index (χ4v) is 3.56. The Labute approximate surface area is 199 Å². The normalized spacial score (nSPS) is 11.0. The summed E-state index contributed by atoms with van der Waals surface area (Å²) in [5, 5.41) is 10.4. The zero-order chi connectivity index (χ0) is 24.2. The van der Waals surface area contributed by atoms with Crippen LogP contribution in [0.4, 0.5) is 5.82 Å². The molecule has 3 aromatic heterocycles. The van der Waals surface area contributed by atoms with Crippen molar-refractivity contribution in [2.45, 2.75) is 0 Å². The van der Waals surface area contributed by atoms with Crippen LogP contribution >= 0.6 is 0 Å². The van der Waals surface area contributed by atoms with E-state index in [-0.39, 0.29) is 11.7 Å². The van der Waals surface area contributed by atoms with E-state index in [1.165, 1.54) is 0 Å². The molecule has 0 spiro atoms. The first-order valence-corrected chi connectivity index (χ1v) is 10.7. The summed E-state index contributed by atoms with van der Waals surface area (Å²) in [7, 11) is 1.58. The molecule has 2 aromatic carbocycles. The largest absolute Gasteiger partial charge is 0.439 e. The van der Waals surface area contributed by atoms with Crippen molar-refractivity contribution in [1.82, 2.24) is 30.2 Å². The summed E-state index contributed by atoms with van der Waals surface area (Å²) in [5.74, 6) is 1.15. The van der Waals surface area contributed by atoms with E-state index >= 15 is 0 Å². The Morgan fingerprint density at radius 2 is 1.97 bits per heavy atom. The van der Waals surface area contributed by atoms with Gasteiger partial charge in [0.1, 0.15) is 11.3 Å². The lowest BCUT2D eigenvalue weighted by Gasteiger charge is -2.10. The number of pyridine rings is 1. The molecule has 0 bridgehead atoms. The number of methoxy groups -OCH3 is 1. The predicted molar refractivity (Wildman–Crippen MR) is 127 cm³/mol. The molecule has 3 N–H and O–H groups in total. The van der Waals surface area contributed by atoms with E-state index in [9.17, 15) is 4.79 Å². The third kappa shape index (κ3) is 4.52. The minimum atomic E-state index is -0.221. The number of rotatable bonds is 8. The van der Waals surface area contributed by atoms with Gasteiger partial charge in [-0.1, -0.05) is 24.3 Å². The maximum atomic E-state index is 12.4. The molecular formula is C24H21N7O4. The summed E-state index contributed by atoms with van der Waals surface area (Å²) in [6, 6.07) is 18.2. The standard InChI is InChI=1S/C24H21N7O4/c1-33-11-10-26-24(32)15-6-5-9-17(12-15)34-20-13-19-18(14-27-20)28-23(21-22(25)30-35-29-21)31(19)16-7-3-2-4-8-16/h2-9,12-14H,10-11H2,1H3,(H2,25,30)(H,26,32). The highest BCUT2D eigenvalue weighted by molar-refractivity contribution is 5.94. The van der Waals surface area contributed by atoms with E-state index in [0.717, 1.165) is 5.69 Å². The quantitative estimate of drug-likeness (QED) is 0.326. The minimum absolute atomic E-state index is 0.127. The second-order valence-corrected chi connectivity index (χ2v) is 7.49. The number of benzene rings is 2. The molecule has 5 rings (SSSR count). The van der Waals surface area contributed by atoms with Crippen molar-refractivity contribution in [1.29, 1.82) is 0 Å². The number of hydrogen-bond donors (Lipinski definition) is 2. The number of ether oxygens (including phenoxy) is 2. The topological polar surface area (TPSA) is 143 Å². The number of hydrogen-bond acceptors (Lipinski definition) is 9. The van der Waals surface area contributed by atoms with Gasteiger partial charge in [-0.15, -0.1) is 0 Å². The number of fused-ring (bicyclic) bond motifs is 1. The number of nitrogens with two attached hydrogens (primary N) is 1. The first-order chi connectivity index (χ1) is 17.1. The number of nitrogens with zero attached hydrogens (tertiary/aromatic N) is 5. The van der Waals surface area contributed by atoms with Crippen LogP contribution in [0.25, 0.3) is 28.2 Å². The number of para-hydroxylation sites is 1. The first-order valence-electron chi connectivity index (χ1n) is 10.7. The molecule has 176 valence electrons. The van der Waals surface area contributed by atoms with Crippen molar-refractivity contribution in [2.75, 3.05) is 26.0 Å². The van der Waals surface area contributed by atoms with Crippen molar-refractivity contribution >= 4 is 22.8 Å². The molecule has 0 fully saturated rings.